The van der Waals surface area contributed by atoms with Gasteiger partial charge in [-0.15, -0.1) is 11.3 Å². The van der Waals surface area contributed by atoms with Crippen molar-refractivity contribution in [3.8, 4) is 0 Å². The fourth-order valence-electron chi connectivity index (χ4n) is 2.40. The van der Waals surface area contributed by atoms with E-state index in [2.05, 4.69) is 10.6 Å². The highest BCUT2D eigenvalue weighted by atomic mass is 32.1. The fraction of sp³-hybridized carbons (Fsp3) is 0.316. The van der Waals surface area contributed by atoms with Crippen LogP contribution in [0.25, 0.3) is 0 Å². The minimum atomic E-state index is -1.15. The van der Waals surface area contributed by atoms with Gasteiger partial charge in [-0.3, -0.25) is 9.59 Å². The van der Waals surface area contributed by atoms with Crippen molar-refractivity contribution in [1.29, 1.82) is 0 Å². The predicted octanol–water partition coefficient (Wildman–Crippen LogP) is 2.54. The lowest BCUT2D eigenvalue weighted by atomic mass is 10.1. The van der Waals surface area contributed by atoms with Gasteiger partial charge in [-0.25, -0.2) is 4.79 Å². The van der Waals surface area contributed by atoms with Crippen molar-refractivity contribution in [2.75, 3.05) is 19.0 Å². The van der Waals surface area contributed by atoms with Gasteiger partial charge in [0.25, 0.3) is 5.91 Å². The molecule has 1 aromatic heterocycles. The number of ether oxygens (including phenoxy) is 1. The number of amides is 2. The summed E-state index contributed by atoms with van der Waals surface area (Å²) in [6, 6.07) is 10.5. The molecule has 2 aromatic rings. The lowest BCUT2D eigenvalue weighted by Crippen LogP contribution is -2.37. The van der Waals surface area contributed by atoms with Crippen LogP contribution in [0.5, 0.6) is 0 Å². The van der Waals surface area contributed by atoms with Gasteiger partial charge in [0, 0.05) is 29.7 Å². The third-order valence-electron chi connectivity index (χ3n) is 3.82. The first kappa shape index (κ1) is 20.6. The van der Waals surface area contributed by atoms with E-state index in [9.17, 15) is 14.4 Å². The SMILES string of the molecule is COC(CNC(=O)c1cccc(NC(=O)CCCc2cccs2)c1)C(=O)O. The van der Waals surface area contributed by atoms with Crippen LogP contribution < -0.4 is 10.6 Å². The summed E-state index contributed by atoms with van der Waals surface area (Å²) in [5.41, 5.74) is 0.844. The monoisotopic (exact) mass is 390 g/mol. The van der Waals surface area contributed by atoms with E-state index < -0.39 is 18.0 Å². The number of benzene rings is 1. The standard InChI is InChI=1S/C19H22N2O5S/c1-26-16(19(24)25)12-20-18(23)13-5-2-6-14(11-13)21-17(22)9-3-7-15-8-4-10-27-15/h2,4-6,8,10-11,16H,3,7,9,12H2,1H3,(H,20,23)(H,21,22)(H,24,25). The van der Waals surface area contributed by atoms with E-state index in [-0.39, 0.29) is 12.5 Å². The van der Waals surface area contributed by atoms with Crippen molar-refractivity contribution in [3.63, 3.8) is 0 Å². The average Bonchev–Trinajstić information content (AvgIpc) is 3.15. The summed E-state index contributed by atoms with van der Waals surface area (Å²) in [6.07, 6.45) is 0.889. The highest BCUT2D eigenvalue weighted by Gasteiger charge is 2.17. The molecule has 0 aliphatic carbocycles. The number of aryl methyl sites for hydroxylation is 1. The second-order valence-electron chi connectivity index (χ2n) is 5.83. The number of carboxylic acid groups (broad SMARTS) is 1. The molecular formula is C19H22N2O5S. The van der Waals surface area contributed by atoms with Gasteiger partial charge in [-0.2, -0.15) is 0 Å². The van der Waals surface area contributed by atoms with Gasteiger partial charge in [0.1, 0.15) is 0 Å². The Bertz CT molecular complexity index is 776. The first-order chi connectivity index (χ1) is 13.0. The van der Waals surface area contributed by atoms with Crippen LogP contribution in [0.2, 0.25) is 0 Å². The zero-order chi connectivity index (χ0) is 19.6. The van der Waals surface area contributed by atoms with Gasteiger partial charge in [0.15, 0.2) is 6.10 Å². The van der Waals surface area contributed by atoms with E-state index in [4.69, 9.17) is 9.84 Å². The molecule has 0 saturated carbocycles. The van der Waals surface area contributed by atoms with E-state index in [1.165, 1.54) is 12.0 Å². The summed E-state index contributed by atoms with van der Waals surface area (Å²) in [5, 5.41) is 16.2. The molecule has 0 fully saturated rings. The second kappa shape index (κ2) is 10.4. The van der Waals surface area contributed by atoms with Gasteiger partial charge < -0.3 is 20.5 Å². The smallest absolute Gasteiger partial charge is 0.334 e. The van der Waals surface area contributed by atoms with Crippen LogP contribution in [0.1, 0.15) is 28.1 Å². The lowest BCUT2D eigenvalue weighted by Gasteiger charge is -2.12. The number of hydrogen-bond donors (Lipinski definition) is 3. The number of rotatable bonds is 10. The molecule has 1 atom stereocenters. The van der Waals surface area contributed by atoms with Crippen molar-refractivity contribution in [3.05, 3.63) is 52.2 Å². The summed E-state index contributed by atoms with van der Waals surface area (Å²) in [7, 11) is 1.26. The molecule has 7 nitrogen and oxygen atoms in total. The number of aliphatic carboxylic acids is 1. The van der Waals surface area contributed by atoms with Crippen LogP contribution >= 0.6 is 11.3 Å². The summed E-state index contributed by atoms with van der Waals surface area (Å²) in [6.45, 7) is -0.149. The van der Waals surface area contributed by atoms with Crippen LogP contribution in [-0.2, 0) is 20.7 Å². The fourth-order valence-corrected chi connectivity index (χ4v) is 3.15. The van der Waals surface area contributed by atoms with E-state index in [1.807, 2.05) is 17.5 Å². The molecule has 0 aliphatic rings. The molecule has 3 N–H and O–H groups in total. The number of anilines is 1. The van der Waals surface area contributed by atoms with Crippen LogP contribution in [0, 0.1) is 0 Å². The Morgan fingerprint density at radius 1 is 1.22 bits per heavy atom. The summed E-state index contributed by atoms with van der Waals surface area (Å²) < 4.78 is 4.77. The van der Waals surface area contributed by atoms with Crippen LogP contribution in [0.15, 0.2) is 41.8 Å². The molecule has 0 spiro atoms. The highest BCUT2D eigenvalue weighted by molar-refractivity contribution is 7.09. The van der Waals surface area contributed by atoms with E-state index in [0.29, 0.717) is 17.7 Å². The van der Waals surface area contributed by atoms with Crippen LogP contribution in [0.3, 0.4) is 0 Å². The number of carbonyl (C=O) groups is 3. The second-order valence-corrected chi connectivity index (χ2v) is 6.87. The summed E-state index contributed by atoms with van der Waals surface area (Å²) in [4.78, 5) is 36.4. The molecule has 1 heterocycles. The molecule has 144 valence electrons. The Hall–Kier alpha value is -2.71. The highest BCUT2D eigenvalue weighted by Crippen LogP contribution is 2.14. The topological polar surface area (TPSA) is 105 Å². The van der Waals surface area contributed by atoms with Gasteiger partial charge in [0.2, 0.25) is 5.91 Å². The normalized spacial score (nSPS) is 11.6. The summed E-state index contributed by atoms with van der Waals surface area (Å²) >= 11 is 1.67. The Labute approximate surface area is 161 Å². The average molecular weight is 390 g/mol. The first-order valence-corrected chi connectivity index (χ1v) is 9.33. The van der Waals surface area contributed by atoms with E-state index in [0.717, 1.165) is 12.8 Å². The lowest BCUT2D eigenvalue weighted by molar-refractivity contribution is -0.148. The molecule has 8 heteroatoms. The van der Waals surface area contributed by atoms with Gasteiger partial charge in [-0.05, 0) is 42.5 Å². The number of thiophene rings is 1. The van der Waals surface area contributed by atoms with Crippen molar-refractivity contribution >= 4 is 34.8 Å². The number of methoxy groups -OCH3 is 1. The van der Waals surface area contributed by atoms with Gasteiger partial charge in [-0.1, -0.05) is 12.1 Å². The molecule has 1 unspecified atom stereocenters. The summed E-state index contributed by atoms with van der Waals surface area (Å²) in [5.74, 6) is -1.71. The molecule has 2 amide bonds. The van der Waals surface area contributed by atoms with E-state index >= 15 is 0 Å². The first-order valence-electron chi connectivity index (χ1n) is 8.45. The number of carbonyl (C=O) groups excluding carboxylic acids is 2. The predicted molar refractivity (Wildman–Crippen MR) is 103 cm³/mol. The molecule has 0 saturated heterocycles. The van der Waals surface area contributed by atoms with Crippen molar-refractivity contribution < 1.29 is 24.2 Å². The number of carboxylic acids is 1. The number of nitrogens with one attached hydrogen (secondary N) is 2. The largest absolute Gasteiger partial charge is 0.479 e. The third kappa shape index (κ3) is 6.84. The maximum atomic E-state index is 12.2. The van der Waals surface area contributed by atoms with Gasteiger partial charge >= 0.3 is 5.97 Å². The minimum Gasteiger partial charge on any atom is -0.479 e. The maximum Gasteiger partial charge on any atom is 0.334 e. The molecule has 0 aliphatic heterocycles. The van der Waals surface area contributed by atoms with Crippen LogP contribution in [-0.4, -0.2) is 42.6 Å². The zero-order valence-corrected chi connectivity index (χ0v) is 15.8. The van der Waals surface area contributed by atoms with Crippen molar-refractivity contribution in [1.82, 2.24) is 5.32 Å². The Morgan fingerprint density at radius 3 is 2.70 bits per heavy atom. The quantitative estimate of drug-likeness (QED) is 0.578. The van der Waals surface area contributed by atoms with Crippen molar-refractivity contribution in [2.45, 2.75) is 25.4 Å². The van der Waals surface area contributed by atoms with E-state index in [1.54, 1.807) is 35.6 Å². The van der Waals surface area contributed by atoms with Crippen LogP contribution in [0.4, 0.5) is 5.69 Å². The Kier molecular flexibility index (Phi) is 7.97. The zero-order valence-electron chi connectivity index (χ0n) is 14.9. The third-order valence-corrected chi connectivity index (χ3v) is 4.76. The Morgan fingerprint density at radius 2 is 2.04 bits per heavy atom. The molecule has 0 bridgehead atoms. The number of hydrogen-bond acceptors (Lipinski definition) is 5. The maximum absolute atomic E-state index is 12.2. The minimum absolute atomic E-state index is 0.116. The van der Waals surface area contributed by atoms with Crippen molar-refractivity contribution in [2.24, 2.45) is 0 Å². The molecule has 27 heavy (non-hydrogen) atoms. The molecule has 0 radical (unpaired) electrons. The molecular weight excluding hydrogens is 368 g/mol. The Balaban J connectivity index is 1.83. The molecule has 1 aromatic carbocycles. The molecule has 2 rings (SSSR count). The van der Waals surface area contributed by atoms with Gasteiger partial charge in [0.05, 0.1) is 6.54 Å².